The standard InChI is InChI=1S/C28H33F3N6O2/c1-17-10-19-14-32-24(34-26(38)21-13-20(21)22-15-33-35(3)25(22)28(29,30)31)12-18(19)11-23(17)36-5-7-37(8-6-36)27(2)4-9-39-16-27/h10-12,14-15,20-21H,4-9,13,16H2,1-3H3,(H,32,34,38)/t20?,21?,27-/m0/s1. The van der Waals surface area contributed by atoms with Gasteiger partial charge in [0.05, 0.1) is 12.8 Å². The van der Waals surface area contributed by atoms with Gasteiger partial charge >= 0.3 is 6.18 Å². The van der Waals surface area contributed by atoms with Crippen LogP contribution in [0.3, 0.4) is 0 Å². The number of alkyl halides is 3. The van der Waals surface area contributed by atoms with Crippen molar-refractivity contribution >= 4 is 28.2 Å². The summed E-state index contributed by atoms with van der Waals surface area (Å²) in [6.07, 6.45) is -0.143. The average molecular weight is 543 g/mol. The molecule has 11 heteroatoms. The van der Waals surface area contributed by atoms with Gasteiger partial charge in [0.2, 0.25) is 5.91 Å². The van der Waals surface area contributed by atoms with Gasteiger partial charge in [0, 0.05) is 74.1 Å². The second kappa shape index (κ2) is 9.48. The quantitative estimate of drug-likeness (QED) is 0.517. The van der Waals surface area contributed by atoms with E-state index in [9.17, 15) is 18.0 Å². The van der Waals surface area contributed by atoms with E-state index < -0.39 is 23.7 Å². The van der Waals surface area contributed by atoms with E-state index in [4.69, 9.17) is 4.74 Å². The molecule has 3 aromatic rings. The molecule has 1 N–H and O–H groups in total. The zero-order valence-electron chi connectivity index (χ0n) is 22.4. The van der Waals surface area contributed by atoms with Gasteiger partial charge in [-0.3, -0.25) is 14.4 Å². The van der Waals surface area contributed by atoms with Crippen molar-refractivity contribution in [2.24, 2.45) is 13.0 Å². The number of aromatic nitrogens is 3. The highest BCUT2D eigenvalue weighted by Gasteiger charge is 2.50. The van der Waals surface area contributed by atoms with Crippen molar-refractivity contribution in [2.45, 2.75) is 44.3 Å². The molecule has 2 aliphatic heterocycles. The molecule has 1 saturated carbocycles. The molecule has 6 rings (SSSR count). The van der Waals surface area contributed by atoms with E-state index in [1.54, 1.807) is 6.20 Å². The maximum atomic E-state index is 13.5. The zero-order chi connectivity index (χ0) is 27.5. The lowest BCUT2D eigenvalue weighted by Gasteiger charge is -2.44. The maximum absolute atomic E-state index is 13.5. The SMILES string of the molecule is Cc1cc2cnc(NC(=O)C3CC3c3cnn(C)c3C(F)(F)F)cc2cc1N1CCN([C@@]2(C)CCOC2)CC1. The first-order chi connectivity index (χ1) is 18.5. The van der Waals surface area contributed by atoms with Crippen LogP contribution in [0, 0.1) is 12.8 Å². The van der Waals surface area contributed by atoms with Crippen LogP contribution in [0.15, 0.2) is 30.6 Å². The number of nitrogens with zero attached hydrogens (tertiary/aromatic N) is 5. The van der Waals surface area contributed by atoms with E-state index in [1.807, 2.05) is 6.07 Å². The number of piperazine rings is 1. The van der Waals surface area contributed by atoms with Crippen LogP contribution in [-0.4, -0.2) is 70.5 Å². The molecule has 3 atom stereocenters. The first-order valence-corrected chi connectivity index (χ1v) is 13.4. The first kappa shape index (κ1) is 26.1. The number of nitrogens with one attached hydrogen (secondary N) is 1. The highest BCUT2D eigenvalue weighted by Crippen LogP contribution is 2.51. The highest BCUT2D eigenvalue weighted by molar-refractivity contribution is 5.97. The van der Waals surface area contributed by atoms with Crippen LogP contribution < -0.4 is 10.2 Å². The molecule has 3 aliphatic rings. The average Bonchev–Trinajstić information content (AvgIpc) is 3.40. The normalized spacial score (nSPS) is 25.8. The van der Waals surface area contributed by atoms with Crippen molar-refractivity contribution in [1.82, 2.24) is 19.7 Å². The smallest absolute Gasteiger partial charge is 0.379 e. The molecule has 39 heavy (non-hydrogen) atoms. The number of hydrogen-bond acceptors (Lipinski definition) is 6. The summed E-state index contributed by atoms with van der Waals surface area (Å²) in [5, 5.41) is 8.53. The monoisotopic (exact) mass is 542 g/mol. The minimum Gasteiger partial charge on any atom is -0.379 e. The molecule has 4 heterocycles. The summed E-state index contributed by atoms with van der Waals surface area (Å²) in [4.78, 5) is 22.3. The topological polar surface area (TPSA) is 75.5 Å². The summed E-state index contributed by atoms with van der Waals surface area (Å²) in [5.74, 6) is -0.961. The van der Waals surface area contributed by atoms with Gasteiger partial charge < -0.3 is 15.0 Å². The maximum Gasteiger partial charge on any atom is 0.433 e. The number of carbonyl (C=O) groups excluding carboxylic acids is 1. The Morgan fingerprint density at radius 1 is 1.13 bits per heavy atom. The molecule has 1 aliphatic carbocycles. The van der Waals surface area contributed by atoms with Crippen LogP contribution in [-0.2, 0) is 22.8 Å². The molecule has 1 aromatic carbocycles. The van der Waals surface area contributed by atoms with Crippen LogP contribution in [0.4, 0.5) is 24.7 Å². The van der Waals surface area contributed by atoms with Crippen molar-refractivity contribution in [1.29, 1.82) is 0 Å². The Balaban J connectivity index is 1.15. The van der Waals surface area contributed by atoms with E-state index in [-0.39, 0.29) is 17.0 Å². The Morgan fingerprint density at radius 2 is 1.90 bits per heavy atom. The first-order valence-electron chi connectivity index (χ1n) is 13.4. The van der Waals surface area contributed by atoms with Gasteiger partial charge in [-0.1, -0.05) is 0 Å². The number of rotatable bonds is 5. The van der Waals surface area contributed by atoms with Gasteiger partial charge in [-0.2, -0.15) is 18.3 Å². The number of fused-ring (bicyclic) bond motifs is 1. The number of pyridine rings is 1. The van der Waals surface area contributed by atoms with Gasteiger partial charge in [0.1, 0.15) is 11.5 Å². The van der Waals surface area contributed by atoms with E-state index in [2.05, 4.69) is 51.2 Å². The number of benzene rings is 1. The van der Waals surface area contributed by atoms with Crippen LogP contribution in [0.2, 0.25) is 0 Å². The molecule has 2 unspecified atom stereocenters. The molecule has 0 radical (unpaired) electrons. The number of carbonyl (C=O) groups is 1. The van der Waals surface area contributed by atoms with E-state index in [0.717, 1.165) is 67.0 Å². The lowest BCUT2D eigenvalue weighted by Crippen LogP contribution is -2.56. The van der Waals surface area contributed by atoms with Crippen molar-refractivity contribution in [2.75, 3.05) is 49.6 Å². The van der Waals surface area contributed by atoms with Crippen molar-refractivity contribution in [3.8, 4) is 0 Å². The Labute approximate surface area is 225 Å². The molecule has 208 valence electrons. The van der Waals surface area contributed by atoms with Gasteiger partial charge in [-0.05, 0) is 61.8 Å². The fourth-order valence-corrected chi connectivity index (χ4v) is 6.22. The Kier molecular flexibility index (Phi) is 6.33. The van der Waals surface area contributed by atoms with Gasteiger partial charge in [0.25, 0.3) is 0 Å². The third kappa shape index (κ3) is 4.86. The van der Waals surface area contributed by atoms with Crippen molar-refractivity contribution in [3.05, 3.63) is 47.4 Å². The Hall–Kier alpha value is -3.18. The molecule has 1 amide bonds. The van der Waals surface area contributed by atoms with Gasteiger partial charge in [-0.25, -0.2) is 4.98 Å². The minimum absolute atomic E-state index is 0.0753. The van der Waals surface area contributed by atoms with Crippen LogP contribution in [0.1, 0.15) is 42.5 Å². The van der Waals surface area contributed by atoms with Crippen LogP contribution in [0.5, 0.6) is 0 Å². The minimum atomic E-state index is -4.52. The highest BCUT2D eigenvalue weighted by atomic mass is 19.4. The predicted octanol–water partition coefficient (Wildman–Crippen LogP) is 4.34. The summed E-state index contributed by atoms with van der Waals surface area (Å²) in [5.41, 5.74) is 1.74. The van der Waals surface area contributed by atoms with Gasteiger partial charge in [0.15, 0.2) is 0 Å². The second-order valence-electron chi connectivity index (χ2n) is 11.3. The largest absolute Gasteiger partial charge is 0.433 e. The fraction of sp³-hybridized carbons (Fsp3) is 0.536. The molecule has 2 aromatic heterocycles. The lowest BCUT2D eigenvalue weighted by atomic mass is 9.97. The summed E-state index contributed by atoms with van der Waals surface area (Å²) >= 11 is 0. The summed E-state index contributed by atoms with van der Waals surface area (Å²) < 4.78 is 46.9. The Morgan fingerprint density at radius 3 is 2.59 bits per heavy atom. The van der Waals surface area contributed by atoms with E-state index in [1.165, 1.54) is 18.8 Å². The molecular weight excluding hydrogens is 509 g/mol. The molecule has 0 spiro atoms. The third-order valence-corrected chi connectivity index (χ3v) is 8.63. The molecule has 2 saturated heterocycles. The fourth-order valence-electron chi connectivity index (χ4n) is 6.22. The number of ether oxygens (including phenoxy) is 1. The van der Waals surface area contributed by atoms with E-state index >= 15 is 0 Å². The molecule has 8 nitrogen and oxygen atoms in total. The number of anilines is 2. The molecular formula is C28H33F3N6O2. The second-order valence-corrected chi connectivity index (χ2v) is 11.3. The lowest BCUT2D eigenvalue weighted by molar-refractivity contribution is -0.144. The zero-order valence-corrected chi connectivity index (χ0v) is 22.4. The van der Waals surface area contributed by atoms with Crippen LogP contribution >= 0.6 is 0 Å². The van der Waals surface area contributed by atoms with E-state index in [0.29, 0.717) is 12.2 Å². The molecule has 0 bridgehead atoms. The van der Waals surface area contributed by atoms with Crippen molar-refractivity contribution < 1.29 is 22.7 Å². The third-order valence-electron chi connectivity index (χ3n) is 8.63. The summed E-state index contributed by atoms with van der Waals surface area (Å²) in [6, 6.07) is 6.09. The number of halogens is 3. The summed E-state index contributed by atoms with van der Waals surface area (Å²) in [6.45, 7) is 9.81. The number of aryl methyl sites for hydroxylation is 2. The van der Waals surface area contributed by atoms with Gasteiger partial charge in [-0.15, -0.1) is 0 Å². The van der Waals surface area contributed by atoms with Crippen LogP contribution in [0.25, 0.3) is 10.8 Å². The Bertz CT molecular complexity index is 1410. The molecule has 3 fully saturated rings. The number of amides is 1. The predicted molar refractivity (Wildman–Crippen MR) is 142 cm³/mol. The van der Waals surface area contributed by atoms with Crippen molar-refractivity contribution in [3.63, 3.8) is 0 Å². The summed E-state index contributed by atoms with van der Waals surface area (Å²) in [7, 11) is 1.27. The number of hydrogen-bond donors (Lipinski definition) is 1.